The number of hydrogen-bond donors (Lipinski definition) is 1. The van der Waals surface area contributed by atoms with Crippen molar-refractivity contribution in [2.24, 2.45) is 5.73 Å². The molecule has 1 aromatic carbocycles. The van der Waals surface area contributed by atoms with Crippen LogP contribution in [0, 0.1) is 6.92 Å². The lowest BCUT2D eigenvalue weighted by Gasteiger charge is -2.14. The van der Waals surface area contributed by atoms with E-state index in [0.717, 1.165) is 16.3 Å². The second-order valence-corrected chi connectivity index (χ2v) is 6.13. The molecule has 2 N–H and O–H groups in total. The van der Waals surface area contributed by atoms with Crippen molar-refractivity contribution in [2.75, 3.05) is 11.9 Å². The van der Waals surface area contributed by atoms with Gasteiger partial charge in [-0.05, 0) is 42.6 Å². The van der Waals surface area contributed by atoms with Gasteiger partial charge in [-0.15, -0.1) is 11.3 Å². The molecule has 0 aliphatic carbocycles. The third-order valence-electron chi connectivity index (χ3n) is 3.55. The normalized spacial score (nSPS) is 10.6. The zero-order valence-electron chi connectivity index (χ0n) is 13.4. The van der Waals surface area contributed by atoms with Gasteiger partial charge in [0, 0.05) is 12.7 Å². The summed E-state index contributed by atoms with van der Waals surface area (Å²) in [6.45, 7) is 2.18. The Bertz CT molecular complexity index is 825. The molecular weight excluding hydrogens is 326 g/mol. The summed E-state index contributed by atoms with van der Waals surface area (Å²) in [6.07, 6.45) is 0. The van der Waals surface area contributed by atoms with Gasteiger partial charge in [-0.2, -0.15) is 0 Å². The number of primary amides is 1. The molecule has 0 aliphatic heterocycles. The maximum Gasteiger partial charge on any atom is 0.318 e. The number of anilines is 1. The maximum atomic E-state index is 11.1. The summed E-state index contributed by atoms with van der Waals surface area (Å²) >= 11 is 1.58. The molecule has 0 saturated carbocycles. The van der Waals surface area contributed by atoms with E-state index in [9.17, 15) is 4.79 Å². The molecule has 0 aliphatic rings. The molecular formula is C17H17N3O3S. The monoisotopic (exact) mass is 343 g/mol. The summed E-state index contributed by atoms with van der Waals surface area (Å²) in [7, 11) is 1.61. The number of rotatable bonds is 5. The van der Waals surface area contributed by atoms with Gasteiger partial charge in [0.25, 0.3) is 0 Å². The van der Waals surface area contributed by atoms with Gasteiger partial charge in [0.05, 0.1) is 4.88 Å². The van der Waals surface area contributed by atoms with Crippen molar-refractivity contribution >= 4 is 23.1 Å². The number of carbonyl (C=O) groups excluding carboxylic acids is 1. The van der Waals surface area contributed by atoms with Crippen LogP contribution in [0.4, 0.5) is 10.5 Å². The number of oxazole rings is 1. The van der Waals surface area contributed by atoms with E-state index in [1.54, 1.807) is 42.6 Å². The Morgan fingerprint density at radius 3 is 2.71 bits per heavy atom. The number of aryl methyl sites for hydroxylation is 1. The van der Waals surface area contributed by atoms with Gasteiger partial charge >= 0.3 is 6.03 Å². The van der Waals surface area contributed by atoms with Crippen LogP contribution in [-0.4, -0.2) is 18.1 Å². The largest absolute Gasteiger partial charge is 0.487 e. The number of carbonyl (C=O) groups is 1. The van der Waals surface area contributed by atoms with Crippen molar-refractivity contribution < 1.29 is 13.9 Å². The van der Waals surface area contributed by atoms with E-state index in [4.69, 9.17) is 14.9 Å². The van der Waals surface area contributed by atoms with Crippen molar-refractivity contribution in [1.29, 1.82) is 0 Å². The van der Waals surface area contributed by atoms with E-state index < -0.39 is 6.03 Å². The fourth-order valence-electron chi connectivity index (χ4n) is 2.11. The van der Waals surface area contributed by atoms with Crippen LogP contribution in [0.2, 0.25) is 0 Å². The highest BCUT2D eigenvalue weighted by molar-refractivity contribution is 7.13. The highest BCUT2D eigenvalue weighted by Gasteiger charge is 2.13. The van der Waals surface area contributed by atoms with E-state index in [1.165, 1.54) is 4.90 Å². The Balaban J connectivity index is 1.67. The molecule has 0 bridgehead atoms. The van der Waals surface area contributed by atoms with Crippen LogP contribution < -0.4 is 15.4 Å². The predicted molar refractivity (Wildman–Crippen MR) is 93.3 cm³/mol. The maximum absolute atomic E-state index is 11.1. The van der Waals surface area contributed by atoms with Crippen LogP contribution in [0.1, 0.15) is 11.5 Å². The molecule has 2 heterocycles. The molecule has 2 aromatic heterocycles. The average Bonchev–Trinajstić information content (AvgIpc) is 3.22. The number of ether oxygens (including phenoxy) is 1. The minimum absolute atomic E-state index is 0.311. The number of thiophene rings is 1. The molecule has 2 amide bonds. The molecule has 3 rings (SSSR count). The number of urea groups is 1. The zero-order valence-corrected chi connectivity index (χ0v) is 14.2. The number of hydrogen-bond acceptors (Lipinski definition) is 5. The van der Waals surface area contributed by atoms with Crippen molar-refractivity contribution in [1.82, 2.24) is 4.98 Å². The molecule has 0 atom stereocenters. The van der Waals surface area contributed by atoms with E-state index in [-0.39, 0.29) is 0 Å². The van der Waals surface area contributed by atoms with Crippen LogP contribution in [0.15, 0.2) is 46.2 Å². The summed E-state index contributed by atoms with van der Waals surface area (Å²) in [5.74, 6) is 2.03. The fourth-order valence-corrected chi connectivity index (χ4v) is 2.76. The fraction of sp³-hybridized carbons (Fsp3) is 0.176. The minimum atomic E-state index is -0.511. The molecule has 0 spiro atoms. The molecule has 0 radical (unpaired) electrons. The summed E-state index contributed by atoms with van der Waals surface area (Å²) in [5, 5.41) is 1.98. The lowest BCUT2D eigenvalue weighted by atomic mass is 10.3. The average molecular weight is 343 g/mol. The van der Waals surface area contributed by atoms with Gasteiger partial charge in [0.2, 0.25) is 5.89 Å². The quantitative estimate of drug-likeness (QED) is 0.764. The van der Waals surface area contributed by atoms with Crippen molar-refractivity contribution in [3.63, 3.8) is 0 Å². The molecule has 0 saturated heterocycles. The molecule has 6 nitrogen and oxygen atoms in total. The van der Waals surface area contributed by atoms with Gasteiger partial charge in [0.15, 0.2) is 0 Å². The standard InChI is InChI=1S/C17H17N3O3S/c1-11-14(19-16(23-11)15-4-3-9-24-15)10-22-13-7-5-12(6-8-13)20(2)17(18)21/h3-9H,10H2,1-2H3,(H2,18,21). The number of nitrogens with zero attached hydrogens (tertiary/aromatic N) is 2. The summed E-state index contributed by atoms with van der Waals surface area (Å²) in [5.41, 5.74) is 6.70. The summed E-state index contributed by atoms with van der Waals surface area (Å²) < 4.78 is 11.4. The first-order valence-corrected chi connectivity index (χ1v) is 8.19. The van der Waals surface area contributed by atoms with Crippen LogP contribution in [-0.2, 0) is 6.61 Å². The third kappa shape index (κ3) is 3.41. The lowest BCUT2D eigenvalue weighted by Crippen LogP contribution is -2.31. The first-order valence-electron chi connectivity index (χ1n) is 7.31. The van der Waals surface area contributed by atoms with Gasteiger partial charge < -0.3 is 14.9 Å². The number of nitrogens with two attached hydrogens (primary N) is 1. The van der Waals surface area contributed by atoms with E-state index in [2.05, 4.69) is 4.98 Å². The predicted octanol–water partition coefficient (Wildman–Crippen LogP) is 3.81. The summed E-state index contributed by atoms with van der Waals surface area (Å²) in [6, 6.07) is 10.5. The lowest BCUT2D eigenvalue weighted by molar-refractivity contribution is 0.255. The number of benzene rings is 1. The third-order valence-corrected chi connectivity index (χ3v) is 4.41. The van der Waals surface area contributed by atoms with Crippen molar-refractivity contribution in [3.05, 3.63) is 53.2 Å². The topological polar surface area (TPSA) is 81.6 Å². The second kappa shape index (κ2) is 6.76. The van der Waals surface area contributed by atoms with Crippen molar-refractivity contribution in [2.45, 2.75) is 13.5 Å². The Morgan fingerprint density at radius 2 is 2.08 bits per heavy atom. The van der Waals surface area contributed by atoms with Crippen LogP contribution in [0.5, 0.6) is 5.75 Å². The highest BCUT2D eigenvalue weighted by Crippen LogP contribution is 2.26. The van der Waals surface area contributed by atoms with Crippen molar-refractivity contribution in [3.8, 4) is 16.5 Å². The van der Waals surface area contributed by atoms with E-state index >= 15 is 0 Å². The zero-order chi connectivity index (χ0) is 17.1. The van der Waals surface area contributed by atoms with Gasteiger partial charge in [-0.3, -0.25) is 4.90 Å². The van der Waals surface area contributed by atoms with Crippen LogP contribution in [0.25, 0.3) is 10.8 Å². The number of amides is 2. The van der Waals surface area contributed by atoms with Gasteiger partial charge in [-0.25, -0.2) is 9.78 Å². The Kier molecular flexibility index (Phi) is 4.52. The Labute approximate surface area is 143 Å². The van der Waals surface area contributed by atoms with E-state index in [0.29, 0.717) is 23.9 Å². The second-order valence-electron chi connectivity index (χ2n) is 5.18. The summed E-state index contributed by atoms with van der Waals surface area (Å²) in [4.78, 5) is 18.0. The Morgan fingerprint density at radius 1 is 1.33 bits per heavy atom. The molecule has 124 valence electrons. The number of aromatic nitrogens is 1. The smallest absolute Gasteiger partial charge is 0.318 e. The first-order chi connectivity index (χ1) is 11.5. The molecule has 24 heavy (non-hydrogen) atoms. The first kappa shape index (κ1) is 16.1. The molecule has 7 heteroatoms. The van der Waals surface area contributed by atoms with Crippen LogP contribution >= 0.6 is 11.3 Å². The molecule has 0 fully saturated rings. The molecule has 0 unspecified atom stereocenters. The van der Waals surface area contributed by atoms with Crippen LogP contribution in [0.3, 0.4) is 0 Å². The van der Waals surface area contributed by atoms with Gasteiger partial charge in [-0.1, -0.05) is 6.07 Å². The highest BCUT2D eigenvalue weighted by atomic mass is 32.1. The van der Waals surface area contributed by atoms with E-state index in [1.807, 2.05) is 24.4 Å². The molecule has 3 aromatic rings. The minimum Gasteiger partial charge on any atom is -0.487 e. The van der Waals surface area contributed by atoms with Gasteiger partial charge in [0.1, 0.15) is 23.8 Å². The Hall–Kier alpha value is -2.80. The SMILES string of the molecule is Cc1oc(-c2cccs2)nc1COc1ccc(N(C)C(N)=O)cc1.